The second-order valence-electron chi connectivity index (χ2n) is 3.91. The molecule has 0 amide bonds. The van der Waals surface area contributed by atoms with Crippen molar-refractivity contribution < 1.29 is 14.3 Å². The monoisotopic (exact) mass is 274 g/mol. The molecule has 82 valence electrons. The first kappa shape index (κ1) is 12.2. The van der Waals surface area contributed by atoms with Crippen molar-refractivity contribution in [3.8, 4) is 0 Å². The van der Waals surface area contributed by atoms with Gasteiger partial charge in [0, 0.05) is 10.0 Å². The first-order valence-corrected chi connectivity index (χ1v) is 5.28. The van der Waals surface area contributed by atoms with Crippen LogP contribution in [0.1, 0.15) is 25.6 Å². The number of rotatable bonds is 3. The molecule has 1 aromatic carbocycles. The van der Waals surface area contributed by atoms with Gasteiger partial charge in [-0.15, -0.1) is 0 Å². The van der Waals surface area contributed by atoms with Crippen LogP contribution in [0.15, 0.2) is 28.7 Å². The van der Waals surface area contributed by atoms with Gasteiger partial charge in [0.15, 0.2) is 0 Å². The van der Waals surface area contributed by atoms with E-state index in [4.69, 9.17) is 5.11 Å². The van der Waals surface area contributed by atoms with E-state index >= 15 is 0 Å². The highest BCUT2D eigenvalue weighted by Crippen LogP contribution is 2.39. The molecular weight excluding hydrogens is 263 g/mol. The SMILES string of the molecule is CC(C)(C(=O)O)C(F)c1ccccc1Br. The van der Waals surface area contributed by atoms with Crippen LogP contribution in [-0.2, 0) is 4.79 Å². The van der Waals surface area contributed by atoms with Gasteiger partial charge in [-0.25, -0.2) is 4.39 Å². The van der Waals surface area contributed by atoms with Gasteiger partial charge in [0.25, 0.3) is 0 Å². The molecule has 1 N–H and O–H groups in total. The third kappa shape index (κ3) is 2.37. The Bertz CT molecular complexity index is 377. The summed E-state index contributed by atoms with van der Waals surface area (Å²) in [6, 6.07) is 6.72. The lowest BCUT2D eigenvalue weighted by Gasteiger charge is -2.24. The molecule has 0 saturated carbocycles. The van der Waals surface area contributed by atoms with Gasteiger partial charge in [-0.05, 0) is 19.9 Å². The number of aliphatic carboxylic acids is 1. The highest BCUT2D eigenvalue weighted by atomic mass is 79.9. The largest absolute Gasteiger partial charge is 0.481 e. The molecule has 2 nitrogen and oxygen atoms in total. The summed E-state index contributed by atoms with van der Waals surface area (Å²) in [4.78, 5) is 10.9. The average molecular weight is 275 g/mol. The van der Waals surface area contributed by atoms with Gasteiger partial charge < -0.3 is 5.11 Å². The second-order valence-corrected chi connectivity index (χ2v) is 4.77. The fraction of sp³-hybridized carbons (Fsp3) is 0.364. The third-order valence-electron chi connectivity index (χ3n) is 2.36. The normalized spacial score (nSPS) is 13.6. The van der Waals surface area contributed by atoms with Crippen LogP contribution >= 0.6 is 15.9 Å². The fourth-order valence-electron chi connectivity index (χ4n) is 1.18. The van der Waals surface area contributed by atoms with Gasteiger partial charge in [-0.1, -0.05) is 34.1 Å². The van der Waals surface area contributed by atoms with Crippen molar-refractivity contribution in [2.24, 2.45) is 5.41 Å². The van der Waals surface area contributed by atoms with Crippen LogP contribution in [-0.4, -0.2) is 11.1 Å². The van der Waals surface area contributed by atoms with E-state index in [-0.39, 0.29) is 0 Å². The molecular formula is C11H12BrFO2. The molecule has 0 heterocycles. The molecule has 0 radical (unpaired) electrons. The summed E-state index contributed by atoms with van der Waals surface area (Å²) in [5.74, 6) is -1.15. The summed E-state index contributed by atoms with van der Waals surface area (Å²) in [7, 11) is 0. The van der Waals surface area contributed by atoms with E-state index in [1.54, 1.807) is 24.3 Å². The minimum Gasteiger partial charge on any atom is -0.481 e. The van der Waals surface area contributed by atoms with Crippen LogP contribution in [0.25, 0.3) is 0 Å². The van der Waals surface area contributed by atoms with Gasteiger partial charge >= 0.3 is 5.97 Å². The van der Waals surface area contributed by atoms with Crippen LogP contribution in [0.3, 0.4) is 0 Å². The zero-order valence-corrected chi connectivity index (χ0v) is 10.1. The highest BCUT2D eigenvalue weighted by molar-refractivity contribution is 9.10. The number of carboxylic acids is 1. The van der Waals surface area contributed by atoms with Crippen LogP contribution in [0.2, 0.25) is 0 Å². The van der Waals surface area contributed by atoms with Gasteiger partial charge in [0.1, 0.15) is 6.17 Å². The molecule has 0 aliphatic carbocycles. The van der Waals surface area contributed by atoms with Crippen molar-refractivity contribution in [3.05, 3.63) is 34.3 Å². The lowest BCUT2D eigenvalue weighted by atomic mass is 9.84. The summed E-state index contributed by atoms with van der Waals surface area (Å²) in [6.07, 6.45) is -1.54. The summed E-state index contributed by atoms with van der Waals surface area (Å²) in [5, 5.41) is 8.91. The van der Waals surface area contributed by atoms with Crippen molar-refractivity contribution in [1.29, 1.82) is 0 Å². The number of carboxylic acid groups (broad SMARTS) is 1. The predicted molar refractivity (Wildman–Crippen MR) is 59.4 cm³/mol. The molecule has 4 heteroatoms. The van der Waals surface area contributed by atoms with Gasteiger partial charge in [0.2, 0.25) is 0 Å². The van der Waals surface area contributed by atoms with Gasteiger partial charge in [-0.3, -0.25) is 4.79 Å². The van der Waals surface area contributed by atoms with Crippen molar-refractivity contribution in [3.63, 3.8) is 0 Å². The van der Waals surface area contributed by atoms with E-state index in [1.807, 2.05) is 0 Å². The summed E-state index contributed by atoms with van der Waals surface area (Å²) in [5.41, 5.74) is -1.06. The molecule has 0 saturated heterocycles. The Labute approximate surface area is 96.2 Å². The molecule has 0 aliphatic heterocycles. The van der Waals surface area contributed by atoms with E-state index in [0.717, 1.165) is 0 Å². The Kier molecular flexibility index (Phi) is 3.50. The minimum atomic E-state index is -1.54. The molecule has 0 bridgehead atoms. The van der Waals surface area contributed by atoms with E-state index in [1.165, 1.54) is 13.8 Å². The lowest BCUT2D eigenvalue weighted by molar-refractivity contribution is -0.150. The Morgan fingerprint density at radius 3 is 2.47 bits per heavy atom. The summed E-state index contributed by atoms with van der Waals surface area (Å²) >= 11 is 3.21. The fourth-order valence-corrected chi connectivity index (χ4v) is 1.66. The smallest absolute Gasteiger partial charge is 0.312 e. The zero-order valence-electron chi connectivity index (χ0n) is 8.50. The topological polar surface area (TPSA) is 37.3 Å². The summed E-state index contributed by atoms with van der Waals surface area (Å²) < 4.78 is 14.6. The molecule has 0 fully saturated rings. The van der Waals surface area contributed by atoms with E-state index in [2.05, 4.69) is 15.9 Å². The van der Waals surface area contributed by atoms with E-state index in [9.17, 15) is 9.18 Å². The number of benzene rings is 1. The van der Waals surface area contributed by atoms with Crippen LogP contribution in [0, 0.1) is 5.41 Å². The molecule has 1 atom stereocenters. The number of carbonyl (C=O) groups is 1. The summed E-state index contributed by atoms with van der Waals surface area (Å²) in [6.45, 7) is 2.75. The molecule has 0 spiro atoms. The first-order chi connectivity index (χ1) is 6.87. The van der Waals surface area contributed by atoms with Gasteiger partial charge in [-0.2, -0.15) is 0 Å². The molecule has 15 heavy (non-hydrogen) atoms. The molecule has 1 rings (SSSR count). The van der Waals surface area contributed by atoms with Crippen LogP contribution in [0.4, 0.5) is 4.39 Å². The quantitative estimate of drug-likeness (QED) is 0.915. The van der Waals surface area contributed by atoms with Crippen molar-refractivity contribution >= 4 is 21.9 Å². The zero-order chi connectivity index (χ0) is 11.6. The number of hydrogen-bond donors (Lipinski definition) is 1. The highest BCUT2D eigenvalue weighted by Gasteiger charge is 2.39. The van der Waals surface area contributed by atoms with Crippen molar-refractivity contribution in [2.45, 2.75) is 20.0 Å². The number of halogens is 2. The van der Waals surface area contributed by atoms with Gasteiger partial charge in [0.05, 0.1) is 5.41 Å². The van der Waals surface area contributed by atoms with Crippen LogP contribution in [0.5, 0.6) is 0 Å². The van der Waals surface area contributed by atoms with E-state index < -0.39 is 17.6 Å². The second kappa shape index (κ2) is 4.31. The maximum Gasteiger partial charge on any atom is 0.312 e. The Morgan fingerprint density at radius 2 is 2.00 bits per heavy atom. The standard InChI is InChI=1S/C11H12BrFO2/c1-11(2,10(14)15)9(13)7-5-3-4-6-8(7)12/h3-6,9H,1-2H3,(H,14,15). The van der Waals surface area contributed by atoms with Crippen molar-refractivity contribution in [2.75, 3.05) is 0 Å². The van der Waals surface area contributed by atoms with E-state index in [0.29, 0.717) is 10.0 Å². The number of alkyl halides is 1. The molecule has 1 unspecified atom stereocenters. The molecule has 1 aromatic rings. The Morgan fingerprint density at radius 1 is 1.47 bits per heavy atom. The maximum atomic E-state index is 14.0. The minimum absolute atomic E-state index is 0.366. The van der Waals surface area contributed by atoms with Crippen LogP contribution < -0.4 is 0 Å². The lowest BCUT2D eigenvalue weighted by Crippen LogP contribution is -2.29. The Balaban J connectivity index is 3.10. The number of hydrogen-bond acceptors (Lipinski definition) is 1. The first-order valence-electron chi connectivity index (χ1n) is 4.49. The average Bonchev–Trinajstić information content (AvgIpc) is 2.17. The molecule has 0 aliphatic rings. The van der Waals surface area contributed by atoms with Crippen molar-refractivity contribution in [1.82, 2.24) is 0 Å². The third-order valence-corrected chi connectivity index (χ3v) is 3.09. The Hall–Kier alpha value is -0.900. The predicted octanol–water partition coefficient (Wildman–Crippen LogP) is 3.57. The maximum absolute atomic E-state index is 14.0. The molecule has 0 aromatic heterocycles.